The molecule has 35 heavy (non-hydrogen) atoms. The fourth-order valence-electron chi connectivity index (χ4n) is 4.42. The second-order valence-electron chi connectivity index (χ2n) is 9.76. The maximum Gasteiger partial charge on any atom is 0.264 e. The molecule has 0 saturated heterocycles. The molecule has 7 nitrogen and oxygen atoms in total. The first-order valence-corrected chi connectivity index (χ1v) is 12.5. The summed E-state index contributed by atoms with van der Waals surface area (Å²) in [7, 11) is 4.89. The summed E-state index contributed by atoms with van der Waals surface area (Å²) >= 11 is 1.47. The number of nitrogens with zero attached hydrogens (tertiary/aromatic N) is 3. The van der Waals surface area contributed by atoms with Crippen molar-refractivity contribution in [1.29, 1.82) is 0 Å². The molecule has 1 aliphatic heterocycles. The standard InChI is InChI=1S/C27H33N3O4S/c1-15-21-16(2)28-26(27(3,4)5)29-24(21)35-23(15)25(31)30-11-9-17(10-12-30)22-19(33-7)13-18(32-6)14-20(22)34-8/h9,13-14H,10-12H2,1-8H3. The number of fused-ring (bicyclic) bond motifs is 1. The van der Waals surface area contributed by atoms with Gasteiger partial charge in [-0.15, -0.1) is 11.3 Å². The molecule has 1 amide bonds. The van der Waals surface area contributed by atoms with Crippen LogP contribution in [0.15, 0.2) is 18.2 Å². The fraction of sp³-hybridized carbons (Fsp3) is 0.444. The van der Waals surface area contributed by atoms with E-state index < -0.39 is 0 Å². The first-order chi connectivity index (χ1) is 16.6. The van der Waals surface area contributed by atoms with Crippen LogP contribution in [0.3, 0.4) is 0 Å². The molecule has 4 rings (SSSR count). The summed E-state index contributed by atoms with van der Waals surface area (Å²) in [5, 5.41) is 0.993. The van der Waals surface area contributed by atoms with E-state index in [1.165, 1.54) is 11.3 Å². The number of ether oxygens (including phenoxy) is 3. The lowest BCUT2D eigenvalue weighted by atomic mass is 9.95. The van der Waals surface area contributed by atoms with Crippen molar-refractivity contribution in [3.63, 3.8) is 0 Å². The van der Waals surface area contributed by atoms with Crippen molar-refractivity contribution in [3.8, 4) is 17.2 Å². The largest absolute Gasteiger partial charge is 0.496 e. The molecular weight excluding hydrogens is 462 g/mol. The van der Waals surface area contributed by atoms with Crippen LogP contribution >= 0.6 is 11.3 Å². The number of aryl methyl sites for hydroxylation is 2. The maximum absolute atomic E-state index is 13.5. The summed E-state index contributed by atoms with van der Waals surface area (Å²) in [5.41, 5.74) is 3.73. The van der Waals surface area contributed by atoms with E-state index >= 15 is 0 Å². The second kappa shape index (κ2) is 9.49. The Hall–Kier alpha value is -3.13. The Balaban J connectivity index is 1.64. The minimum Gasteiger partial charge on any atom is -0.496 e. The lowest BCUT2D eigenvalue weighted by Crippen LogP contribution is -2.34. The second-order valence-corrected chi connectivity index (χ2v) is 10.8. The highest BCUT2D eigenvalue weighted by Crippen LogP contribution is 2.41. The number of hydrogen-bond acceptors (Lipinski definition) is 7. The van der Waals surface area contributed by atoms with Gasteiger partial charge in [-0.2, -0.15) is 0 Å². The molecule has 2 aromatic heterocycles. The van der Waals surface area contributed by atoms with E-state index in [0.717, 1.165) is 43.3 Å². The Morgan fingerprint density at radius 2 is 1.69 bits per heavy atom. The normalized spacial score (nSPS) is 14.2. The van der Waals surface area contributed by atoms with Crippen LogP contribution in [0.1, 0.15) is 59.5 Å². The van der Waals surface area contributed by atoms with Gasteiger partial charge >= 0.3 is 0 Å². The molecule has 8 heteroatoms. The van der Waals surface area contributed by atoms with E-state index in [0.29, 0.717) is 36.8 Å². The van der Waals surface area contributed by atoms with E-state index in [2.05, 4.69) is 26.8 Å². The number of benzene rings is 1. The average Bonchev–Trinajstić information content (AvgIpc) is 3.18. The zero-order valence-electron chi connectivity index (χ0n) is 21.7. The summed E-state index contributed by atoms with van der Waals surface area (Å²) in [6, 6.07) is 3.71. The summed E-state index contributed by atoms with van der Waals surface area (Å²) in [5.74, 6) is 2.89. The molecule has 3 heterocycles. The van der Waals surface area contributed by atoms with Gasteiger partial charge in [-0.3, -0.25) is 4.79 Å². The van der Waals surface area contributed by atoms with Crippen LogP contribution in [0.25, 0.3) is 15.8 Å². The number of rotatable bonds is 5. The molecule has 186 valence electrons. The van der Waals surface area contributed by atoms with Crippen LogP contribution in [0, 0.1) is 13.8 Å². The number of amides is 1. The van der Waals surface area contributed by atoms with Gasteiger partial charge in [-0.05, 0) is 31.4 Å². The molecule has 0 N–H and O–H groups in total. The van der Waals surface area contributed by atoms with Gasteiger partial charge in [0.2, 0.25) is 0 Å². The van der Waals surface area contributed by atoms with Crippen LogP contribution < -0.4 is 14.2 Å². The van der Waals surface area contributed by atoms with Gasteiger partial charge in [-0.25, -0.2) is 9.97 Å². The van der Waals surface area contributed by atoms with Crippen LogP contribution in [0.4, 0.5) is 0 Å². The zero-order chi connectivity index (χ0) is 25.5. The molecule has 1 aromatic carbocycles. The van der Waals surface area contributed by atoms with E-state index in [9.17, 15) is 4.79 Å². The van der Waals surface area contributed by atoms with Crippen molar-refractivity contribution >= 4 is 33.0 Å². The van der Waals surface area contributed by atoms with Gasteiger partial charge in [0.15, 0.2) is 0 Å². The average molecular weight is 496 g/mol. The zero-order valence-corrected chi connectivity index (χ0v) is 22.6. The minimum absolute atomic E-state index is 0.0335. The van der Waals surface area contributed by atoms with E-state index in [1.807, 2.05) is 30.9 Å². The third-order valence-electron chi connectivity index (χ3n) is 6.37. The van der Waals surface area contributed by atoms with Gasteiger partial charge in [-0.1, -0.05) is 26.8 Å². The predicted molar refractivity (Wildman–Crippen MR) is 140 cm³/mol. The Kier molecular flexibility index (Phi) is 6.77. The van der Waals surface area contributed by atoms with E-state index in [4.69, 9.17) is 24.2 Å². The van der Waals surface area contributed by atoms with Gasteiger partial charge in [0, 0.05) is 36.0 Å². The fourth-order valence-corrected chi connectivity index (χ4v) is 5.62. The minimum atomic E-state index is -0.154. The number of methoxy groups -OCH3 is 3. The lowest BCUT2D eigenvalue weighted by molar-refractivity contribution is 0.0777. The summed E-state index contributed by atoms with van der Waals surface area (Å²) in [4.78, 5) is 26.6. The highest BCUT2D eigenvalue weighted by Gasteiger charge is 2.28. The van der Waals surface area contributed by atoms with Gasteiger partial charge < -0.3 is 19.1 Å². The molecule has 0 aliphatic carbocycles. The molecular formula is C27H33N3O4S. The SMILES string of the molecule is COc1cc(OC)c(C2=CCN(C(=O)c3sc4nc(C(C)(C)C)nc(C)c4c3C)CC2)c(OC)c1. The molecule has 0 atom stereocenters. The molecule has 0 bridgehead atoms. The van der Waals surface area contributed by atoms with Crippen molar-refractivity contribution in [3.05, 3.63) is 45.7 Å². The Morgan fingerprint density at radius 3 is 2.20 bits per heavy atom. The predicted octanol–water partition coefficient (Wildman–Crippen LogP) is 5.56. The summed E-state index contributed by atoms with van der Waals surface area (Å²) in [6.07, 6.45) is 2.78. The van der Waals surface area contributed by atoms with Crippen LogP contribution in [0.2, 0.25) is 0 Å². The van der Waals surface area contributed by atoms with Gasteiger partial charge in [0.25, 0.3) is 5.91 Å². The van der Waals surface area contributed by atoms with Crippen molar-refractivity contribution in [1.82, 2.24) is 14.9 Å². The molecule has 0 spiro atoms. The molecule has 3 aromatic rings. The Morgan fingerprint density at radius 1 is 1.03 bits per heavy atom. The van der Waals surface area contributed by atoms with Crippen molar-refractivity contribution in [2.24, 2.45) is 0 Å². The molecule has 0 radical (unpaired) electrons. The highest BCUT2D eigenvalue weighted by atomic mass is 32.1. The maximum atomic E-state index is 13.5. The number of aromatic nitrogens is 2. The highest BCUT2D eigenvalue weighted by molar-refractivity contribution is 7.20. The lowest BCUT2D eigenvalue weighted by Gasteiger charge is -2.28. The quantitative estimate of drug-likeness (QED) is 0.461. The van der Waals surface area contributed by atoms with Gasteiger partial charge in [0.05, 0.1) is 37.5 Å². The van der Waals surface area contributed by atoms with E-state index in [-0.39, 0.29) is 11.3 Å². The third kappa shape index (κ3) is 4.59. The van der Waals surface area contributed by atoms with Crippen molar-refractivity contribution in [2.45, 2.75) is 46.5 Å². The number of hydrogen-bond donors (Lipinski definition) is 0. The first-order valence-electron chi connectivity index (χ1n) is 11.7. The summed E-state index contributed by atoms with van der Waals surface area (Å²) in [6.45, 7) is 11.4. The van der Waals surface area contributed by atoms with Crippen LogP contribution in [-0.4, -0.2) is 55.2 Å². The molecule has 0 unspecified atom stereocenters. The van der Waals surface area contributed by atoms with Crippen molar-refractivity contribution in [2.75, 3.05) is 34.4 Å². The molecule has 0 saturated carbocycles. The Bertz CT molecular complexity index is 1300. The number of thiophene rings is 1. The molecule has 0 fully saturated rings. The van der Waals surface area contributed by atoms with Crippen LogP contribution in [0.5, 0.6) is 17.2 Å². The molecule has 1 aliphatic rings. The van der Waals surface area contributed by atoms with Crippen molar-refractivity contribution < 1.29 is 19.0 Å². The monoisotopic (exact) mass is 495 g/mol. The van der Waals surface area contributed by atoms with E-state index in [1.54, 1.807) is 21.3 Å². The smallest absolute Gasteiger partial charge is 0.264 e. The first kappa shape index (κ1) is 25.0. The van der Waals surface area contributed by atoms with Gasteiger partial charge in [0.1, 0.15) is 27.9 Å². The number of carbonyl (C=O) groups excluding carboxylic acids is 1. The Labute approximate surface area is 210 Å². The number of carbonyl (C=O) groups is 1. The third-order valence-corrected chi connectivity index (χ3v) is 7.54. The topological polar surface area (TPSA) is 73.8 Å². The summed E-state index contributed by atoms with van der Waals surface area (Å²) < 4.78 is 16.6. The van der Waals surface area contributed by atoms with Crippen LogP contribution in [-0.2, 0) is 5.41 Å².